The Labute approximate surface area is 130 Å². The number of hydrogen-bond donors (Lipinski definition) is 1. The second kappa shape index (κ2) is 6.35. The third-order valence-electron chi connectivity index (χ3n) is 2.76. The number of sulfonamides is 1. The van der Waals surface area contributed by atoms with Crippen LogP contribution in [0.25, 0.3) is 0 Å². The molecule has 2 rings (SSSR count). The van der Waals surface area contributed by atoms with E-state index in [0.29, 0.717) is 4.47 Å². The maximum atomic E-state index is 13.7. The van der Waals surface area contributed by atoms with Gasteiger partial charge in [-0.05, 0) is 40.2 Å². The Hall–Kier alpha value is -1.75. The van der Waals surface area contributed by atoms with E-state index in [1.54, 1.807) is 18.2 Å². The summed E-state index contributed by atoms with van der Waals surface area (Å²) in [6.45, 7) is -0.193. The first kappa shape index (κ1) is 15.6. The van der Waals surface area contributed by atoms with Crippen molar-refractivity contribution >= 4 is 26.0 Å². The molecule has 0 aromatic heterocycles. The Kier molecular flexibility index (Phi) is 4.73. The van der Waals surface area contributed by atoms with Crippen molar-refractivity contribution in [1.29, 1.82) is 5.26 Å². The van der Waals surface area contributed by atoms with Gasteiger partial charge in [-0.25, -0.2) is 17.5 Å². The fraction of sp³-hybridized carbons (Fsp3) is 0.0714. The van der Waals surface area contributed by atoms with Crippen molar-refractivity contribution in [3.8, 4) is 6.07 Å². The Bertz CT molecular complexity index is 816. The SMILES string of the molecule is N#Cc1ccc(CNS(=O)(=O)c2ccccc2Br)c(F)c1. The summed E-state index contributed by atoms with van der Waals surface area (Å²) in [7, 11) is -3.75. The van der Waals surface area contributed by atoms with E-state index in [4.69, 9.17) is 5.26 Å². The first-order valence-electron chi connectivity index (χ1n) is 5.87. The van der Waals surface area contributed by atoms with E-state index in [2.05, 4.69) is 20.7 Å². The van der Waals surface area contributed by atoms with Crippen molar-refractivity contribution in [3.63, 3.8) is 0 Å². The maximum absolute atomic E-state index is 13.7. The van der Waals surface area contributed by atoms with Crippen LogP contribution in [0.3, 0.4) is 0 Å². The number of halogens is 2. The van der Waals surface area contributed by atoms with Gasteiger partial charge < -0.3 is 0 Å². The standard InChI is InChI=1S/C14H10BrFN2O2S/c15-12-3-1-2-4-14(12)21(19,20)18-9-11-6-5-10(8-17)7-13(11)16/h1-7,18H,9H2. The Morgan fingerprint density at radius 2 is 1.95 bits per heavy atom. The molecule has 1 N–H and O–H groups in total. The van der Waals surface area contributed by atoms with Crippen molar-refractivity contribution in [2.75, 3.05) is 0 Å². The number of nitrogens with zero attached hydrogens (tertiary/aromatic N) is 1. The lowest BCUT2D eigenvalue weighted by Crippen LogP contribution is -2.24. The molecule has 0 aliphatic rings. The highest BCUT2D eigenvalue weighted by molar-refractivity contribution is 9.10. The molecule has 21 heavy (non-hydrogen) atoms. The van der Waals surface area contributed by atoms with Gasteiger partial charge in [0.05, 0.1) is 16.5 Å². The summed E-state index contributed by atoms with van der Waals surface area (Å²) >= 11 is 3.16. The number of hydrogen-bond acceptors (Lipinski definition) is 3. The molecule has 0 saturated heterocycles. The highest BCUT2D eigenvalue weighted by Gasteiger charge is 2.17. The summed E-state index contributed by atoms with van der Waals surface area (Å²) < 4.78 is 40.7. The zero-order valence-electron chi connectivity index (χ0n) is 10.7. The quantitative estimate of drug-likeness (QED) is 0.901. The molecule has 0 atom stereocenters. The number of nitrogens with one attached hydrogen (secondary N) is 1. The Morgan fingerprint density at radius 3 is 2.57 bits per heavy atom. The molecule has 0 bridgehead atoms. The van der Waals surface area contributed by atoms with E-state index < -0.39 is 15.8 Å². The van der Waals surface area contributed by atoms with E-state index in [9.17, 15) is 12.8 Å². The molecule has 4 nitrogen and oxygen atoms in total. The lowest BCUT2D eigenvalue weighted by atomic mass is 10.1. The molecule has 2 aromatic carbocycles. The fourth-order valence-corrected chi connectivity index (χ4v) is 3.68. The lowest BCUT2D eigenvalue weighted by Gasteiger charge is -2.09. The van der Waals surface area contributed by atoms with Crippen molar-refractivity contribution in [2.45, 2.75) is 11.4 Å². The molecule has 0 spiro atoms. The molecule has 0 unspecified atom stereocenters. The van der Waals surface area contributed by atoms with Crippen molar-refractivity contribution in [2.24, 2.45) is 0 Å². The van der Waals surface area contributed by atoms with Crippen LogP contribution in [0.15, 0.2) is 51.8 Å². The molecule has 7 heteroatoms. The van der Waals surface area contributed by atoms with E-state index in [0.717, 1.165) is 6.07 Å². The van der Waals surface area contributed by atoms with Gasteiger partial charge in [-0.2, -0.15) is 5.26 Å². The number of rotatable bonds is 4. The number of nitriles is 1. The molecule has 0 saturated carbocycles. The molecule has 2 aromatic rings. The van der Waals surface area contributed by atoms with Crippen LogP contribution in [-0.4, -0.2) is 8.42 Å². The van der Waals surface area contributed by atoms with Gasteiger partial charge in [-0.1, -0.05) is 18.2 Å². The predicted molar refractivity (Wildman–Crippen MR) is 79.3 cm³/mol. The molecule has 0 radical (unpaired) electrons. The first-order chi connectivity index (χ1) is 9.94. The van der Waals surface area contributed by atoms with E-state index in [1.165, 1.54) is 18.2 Å². The van der Waals surface area contributed by atoms with Crippen LogP contribution in [-0.2, 0) is 16.6 Å². The van der Waals surface area contributed by atoms with E-state index >= 15 is 0 Å². The van der Waals surface area contributed by atoms with Gasteiger partial charge in [-0.3, -0.25) is 0 Å². The van der Waals surface area contributed by atoms with E-state index in [-0.39, 0.29) is 22.6 Å². The van der Waals surface area contributed by atoms with Crippen LogP contribution in [0.4, 0.5) is 4.39 Å². The summed E-state index contributed by atoms with van der Waals surface area (Å²) in [5, 5.41) is 8.66. The minimum atomic E-state index is -3.75. The lowest BCUT2D eigenvalue weighted by molar-refractivity contribution is 0.574. The van der Waals surface area contributed by atoms with Crippen molar-refractivity contribution < 1.29 is 12.8 Å². The highest BCUT2D eigenvalue weighted by Crippen LogP contribution is 2.21. The molecular weight excluding hydrogens is 359 g/mol. The Balaban J connectivity index is 2.20. The second-order valence-corrected chi connectivity index (χ2v) is 6.76. The van der Waals surface area contributed by atoms with Gasteiger partial charge >= 0.3 is 0 Å². The van der Waals surface area contributed by atoms with Crippen LogP contribution in [0.1, 0.15) is 11.1 Å². The van der Waals surface area contributed by atoms with Crippen LogP contribution < -0.4 is 4.72 Å². The average Bonchev–Trinajstić information content (AvgIpc) is 2.46. The third-order valence-corrected chi connectivity index (χ3v) is 5.17. The van der Waals surface area contributed by atoms with Gasteiger partial charge in [0, 0.05) is 16.6 Å². The molecule has 108 valence electrons. The summed E-state index contributed by atoms with van der Waals surface area (Å²) in [6.07, 6.45) is 0. The van der Waals surface area contributed by atoms with Crippen LogP contribution >= 0.6 is 15.9 Å². The minimum absolute atomic E-state index is 0.0825. The van der Waals surface area contributed by atoms with Crippen molar-refractivity contribution in [3.05, 3.63) is 63.9 Å². The fourth-order valence-electron chi connectivity index (χ4n) is 1.67. The highest BCUT2D eigenvalue weighted by atomic mass is 79.9. The van der Waals surface area contributed by atoms with E-state index in [1.807, 2.05) is 6.07 Å². The van der Waals surface area contributed by atoms with Crippen LogP contribution in [0, 0.1) is 17.1 Å². The Morgan fingerprint density at radius 1 is 1.24 bits per heavy atom. The smallest absolute Gasteiger partial charge is 0.207 e. The number of benzene rings is 2. The maximum Gasteiger partial charge on any atom is 0.241 e. The summed E-state index contributed by atoms with van der Waals surface area (Å²) in [5.74, 6) is -0.621. The second-order valence-electron chi connectivity index (χ2n) is 4.17. The van der Waals surface area contributed by atoms with Gasteiger partial charge in [0.25, 0.3) is 0 Å². The van der Waals surface area contributed by atoms with Gasteiger partial charge in [-0.15, -0.1) is 0 Å². The molecule has 0 amide bonds. The van der Waals surface area contributed by atoms with Gasteiger partial charge in [0.1, 0.15) is 5.82 Å². The predicted octanol–water partition coefficient (Wildman–Crippen LogP) is 2.94. The van der Waals surface area contributed by atoms with Crippen LogP contribution in [0.5, 0.6) is 0 Å². The zero-order chi connectivity index (χ0) is 15.5. The van der Waals surface area contributed by atoms with Gasteiger partial charge in [0.2, 0.25) is 10.0 Å². The largest absolute Gasteiger partial charge is 0.241 e. The minimum Gasteiger partial charge on any atom is -0.207 e. The normalized spacial score (nSPS) is 11.1. The van der Waals surface area contributed by atoms with Crippen LogP contribution in [0.2, 0.25) is 0 Å². The topological polar surface area (TPSA) is 70.0 Å². The molecule has 0 aliphatic heterocycles. The third kappa shape index (κ3) is 3.67. The monoisotopic (exact) mass is 368 g/mol. The van der Waals surface area contributed by atoms with Crippen molar-refractivity contribution in [1.82, 2.24) is 4.72 Å². The molecule has 0 heterocycles. The summed E-state index contributed by atoms with van der Waals surface area (Å²) in [5.41, 5.74) is 0.356. The average molecular weight is 369 g/mol. The zero-order valence-corrected chi connectivity index (χ0v) is 13.1. The van der Waals surface area contributed by atoms with Gasteiger partial charge in [0.15, 0.2) is 0 Å². The molecule has 0 fully saturated rings. The summed E-state index contributed by atoms with van der Waals surface area (Å²) in [6, 6.07) is 12.1. The molecular formula is C14H10BrFN2O2S. The first-order valence-corrected chi connectivity index (χ1v) is 8.14. The summed E-state index contributed by atoms with van der Waals surface area (Å²) in [4.78, 5) is 0.0825. The molecule has 0 aliphatic carbocycles.